The molecule has 0 atom stereocenters. The molecule has 0 aliphatic heterocycles. The number of unbranched alkanes of at least 4 members (excludes halogenated alkanes) is 1. The Bertz CT molecular complexity index is 880. The molecular formula is C24H30N2O5. The first-order chi connectivity index (χ1) is 14.9. The fourth-order valence-corrected chi connectivity index (χ4v) is 2.73. The van der Waals surface area contributed by atoms with Gasteiger partial charge in [-0.25, -0.2) is 0 Å². The van der Waals surface area contributed by atoms with Gasteiger partial charge in [0.05, 0.1) is 6.61 Å². The Morgan fingerprint density at radius 2 is 1.74 bits per heavy atom. The number of esters is 1. The van der Waals surface area contributed by atoms with Crippen LogP contribution in [0.3, 0.4) is 0 Å². The van der Waals surface area contributed by atoms with Gasteiger partial charge in [-0.05, 0) is 48.7 Å². The predicted octanol–water partition coefficient (Wildman–Crippen LogP) is 3.11. The minimum Gasteiger partial charge on any atom is -0.494 e. The van der Waals surface area contributed by atoms with Crippen LogP contribution in [0.1, 0.15) is 41.3 Å². The van der Waals surface area contributed by atoms with Gasteiger partial charge in [0, 0.05) is 19.2 Å². The number of nitrogens with zero attached hydrogens (tertiary/aromatic N) is 1. The Hall–Kier alpha value is -3.35. The average Bonchev–Trinajstić information content (AvgIpc) is 2.78. The van der Waals surface area contributed by atoms with E-state index >= 15 is 0 Å². The number of rotatable bonds is 11. The van der Waals surface area contributed by atoms with Gasteiger partial charge in [-0.15, -0.1) is 0 Å². The van der Waals surface area contributed by atoms with Crippen LogP contribution >= 0.6 is 0 Å². The summed E-state index contributed by atoms with van der Waals surface area (Å²) in [6, 6.07) is 14.5. The summed E-state index contributed by atoms with van der Waals surface area (Å²) in [6.07, 6.45) is 2.01. The lowest BCUT2D eigenvalue weighted by Crippen LogP contribution is -2.34. The maximum Gasteiger partial charge on any atom is 0.325 e. The molecule has 0 saturated heterocycles. The second kappa shape index (κ2) is 12.4. The molecular weight excluding hydrogens is 396 g/mol. The molecule has 31 heavy (non-hydrogen) atoms. The summed E-state index contributed by atoms with van der Waals surface area (Å²) in [4.78, 5) is 37.8. The van der Waals surface area contributed by atoms with Crippen LogP contribution in [0, 0.1) is 6.92 Å². The zero-order valence-corrected chi connectivity index (χ0v) is 18.3. The van der Waals surface area contributed by atoms with Crippen molar-refractivity contribution in [3.63, 3.8) is 0 Å². The lowest BCUT2D eigenvalue weighted by atomic mass is 10.1. The Kier molecular flexibility index (Phi) is 9.55. The van der Waals surface area contributed by atoms with Crippen LogP contribution in [-0.2, 0) is 20.9 Å². The van der Waals surface area contributed by atoms with Crippen LogP contribution in [0.5, 0.6) is 5.75 Å². The van der Waals surface area contributed by atoms with E-state index in [1.54, 1.807) is 31.3 Å². The number of ether oxygens (including phenoxy) is 2. The fraction of sp³-hybridized carbons (Fsp3) is 0.375. The highest BCUT2D eigenvalue weighted by Gasteiger charge is 2.14. The number of hydrogen-bond acceptors (Lipinski definition) is 5. The van der Waals surface area contributed by atoms with E-state index in [-0.39, 0.29) is 19.1 Å². The zero-order valence-electron chi connectivity index (χ0n) is 18.3. The SMILES string of the molecule is CCCCOc1ccc(C(=O)NCC(=O)OCC(=O)N(C)Cc2ccccc2C)cc1. The van der Waals surface area contributed by atoms with E-state index in [1.807, 2.05) is 31.2 Å². The van der Waals surface area contributed by atoms with E-state index in [0.29, 0.717) is 24.5 Å². The highest BCUT2D eigenvalue weighted by Crippen LogP contribution is 2.13. The van der Waals surface area contributed by atoms with Crippen molar-refractivity contribution in [1.82, 2.24) is 10.2 Å². The quantitative estimate of drug-likeness (QED) is 0.441. The predicted molar refractivity (Wildman–Crippen MR) is 118 cm³/mol. The van der Waals surface area contributed by atoms with E-state index in [2.05, 4.69) is 12.2 Å². The summed E-state index contributed by atoms with van der Waals surface area (Å²) in [5.41, 5.74) is 2.52. The Morgan fingerprint density at radius 1 is 1.03 bits per heavy atom. The third-order valence-electron chi connectivity index (χ3n) is 4.73. The van der Waals surface area contributed by atoms with Gasteiger partial charge >= 0.3 is 5.97 Å². The summed E-state index contributed by atoms with van der Waals surface area (Å²) >= 11 is 0. The monoisotopic (exact) mass is 426 g/mol. The van der Waals surface area contributed by atoms with Crippen molar-refractivity contribution < 1.29 is 23.9 Å². The molecule has 0 aliphatic rings. The number of benzene rings is 2. The number of nitrogens with one attached hydrogen (secondary N) is 1. The van der Waals surface area contributed by atoms with Gasteiger partial charge in [-0.3, -0.25) is 14.4 Å². The summed E-state index contributed by atoms with van der Waals surface area (Å²) in [5, 5.41) is 2.49. The van der Waals surface area contributed by atoms with Crippen molar-refractivity contribution in [2.24, 2.45) is 0 Å². The smallest absolute Gasteiger partial charge is 0.325 e. The molecule has 0 heterocycles. The van der Waals surface area contributed by atoms with E-state index in [4.69, 9.17) is 9.47 Å². The second-order valence-corrected chi connectivity index (χ2v) is 7.25. The van der Waals surface area contributed by atoms with Crippen molar-refractivity contribution in [2.45, 2.75) is 33.2 Å². The Balaban J connectivity index is 1.71. The summed E-state index contributed by atoms with van der Waals surface area (Å²) in [6.45, 7) is 4.43. The van der Waals surface area contributed by atoms with Gasteiger partial charge in [-0.2, -0.15) is 0 Å². The molecule has 0 aromatic heterocycles. The number of amides is 2. The van der Waals surface area contributed by atoms with Crippen molar-refractivity contribution in [1.29, 1.82) is 0 Å². The molecule has 0 unspecified atom stereocenters. The van der Waals surface area contributed by atoms with Crippen LogP contribution in [0.25, 0.3) is 0 Å². The second-order valence-electron chi connectivity index (χ2n) is 7.25. The van der Waals surface area contributed by atoms with Gasteiger partial charge < -0.3 is 19.7 Å². The topological polar surface area (TPSA) is 84.9 Å². The van der Waals surface area contributed by atoms with Crippen LogP contribution in [0.2, 0.25) is 0 Å². The van der Waals surface area contributed by atoms with Crippen LogP contribution < -0.4 is 10.1 Å². The molecule has 1 N–H and O–H groups in total. The standard InChI is InChI=1S/C24H30N2O5/c1-4-5-14-30-21-12-10-19(11-13-21)24(29)25-15-23(28)31-17-22(27)26(3)16-20-9-7-6-8-18(20)2/h6-13H,4-5,14-17H2,1-3H3,(H,25,29). The average molecular weight is 427 g/mol. The van der Waals surface area contributed by atoms with Gasteiger partial charge in [0.15, 0.2) is 6.61 Å². The van der Waals surface area contributed by atoms with E-state index in [0.717, 1.165) is 24.0 Å². The van der Waals surface area contributed by atoms with Gasteiger partial charge in [0.25, 0.3) is 11.8 Å². The first-order valence-corrected chi connectivity index (χ1v) is 10.4. The van der Waals surface area contributed by atoms with E-state index in [9.17, 15) is 14.4 Å². The third-order valence-corrected chi connectivity index (χ3v) is 4.73. The maximum atomic E-state index is 12.2. The molecule has 0 bridgehead atoms. The molecule has 0 fully saturated rings. The largest absolute Gasteiger partial charge is 0.494 e. The Morgan fingerprint density at radius 3 is 2.42 bits per heavy atom. The normalized spacial score (nSPS) is 10.3. The molecule has 2 aromatic rings. The maximum absolute atomic E-state index is 12.2. The molecule has 2 aromatic carbocycles. The molecule has 0 radical (unpaired) electrons. The highest BCUT2D eigenvalue weighted by molar-refractivity contribution is 5.96. The summed E-state index contributed by atoms with van der Waals surface area (Å²) in [5.74, 6) is -0.704. The zero-order chi connectivity index (χ0) is 22.6. The molecule has 7 heteroatoms. The van der Waals surface area contributed by atoms with Crippen molar-refractivity contribution in [3.8, 4) is 5.75 Å². The molecule has 2 amide bonds. The van der Waals surface area contributed by atoms with Gasteiger partial charge in [-0.1, -0.05) is 37.6 Å². The lowest BCUT2D eigenvalue weighted by molar-refractivity contribution is -0.150. The van der Waals surface area contributed by atoms with E-state index < -0.39 is 11.9 Å². The minimum atomic E-state index is -0.675. The lowest BCUT2D eigenvalue weighted by Gasteiger charge is -2.18. The van der Waals surface area contributed by atoms with Crippen LogP contribution in [0.15, 0.2) is 48.5 Å². The number of likely N-dealkylation sites (N-methyl/N-ethyl adjacent to an activating group) is 1. The minimum absolute atomic E-state index is 0.317. The van der Waals surface area contributed by atoms with Crippen molar-refractivity contribution in [2.75, 3.05) is 26.8 Å². The van der Waals surface area contributed by atoms with Gasteiger partial charge in [0.1, 0.15) is 12.3 Å². The van der Waals surface area contributed by atoms with Crippen LogP contribution in [0.4, 0.5) is 0 Å². The third kappa shape index (κ3) is 8.12. The highest BCUT2D eigenvalue weighted by atomic mass is 16.5. The van der Waals surface area contributed by atoms with Crippen LogP contribution in [-0.4, -0.2) is 49.5 Å². The van der Waals surface area contributed by atoms with Crippen molar-refractivity contribution >= 4 is 17.8 Å². The summed E-state index contributed by atoms with van der Waals surface area (Å²) < 4.78 is 10.5. The molecule has 7 nitrogen and oxygen atoms in total. The number of hydrogen-bond donors (Lipinski definition) is 1. The fourth-order valence-electron chi connectivity index (χ4n) is 2.73. The number of carbonyl (C=O) groups is 3. The summed E-state index contributed by atoms with van der Waals surface area (Å²) in [7, 11) is 1.65. The first-order valence-electron chi connectivity index (χ1n) is 10.4. The molecule has 2 rings (SSSR count). The number of aryl methyl sites for hydroxylation is 1. The van der Waals surface area contributed by atoms with E-state index in [1.165, 1.54) is 4.90 Å². The van der Waals surface area contributed by atoms with Gasteiger partial charge in [0.2, 0.25) is 0 Å². The van der Waals surface area contributed by atoms with Crippen molar-refractivity contribution in [3.05, 3.63) is 65.2 Å². The molecule has 0 spiro atoms. The molecule has 166 valence electrons. The Labute approximate surface area is 183 Å². The molecule has 0 aliphatic carbocycles. The molecule has 0 saturated carbocycles. The number of carbonyl (C=O) groups excluding carboxylic acids is 3. The first kappa shape index (κ1) is 23.9.